The highest BCUT2D eigenvalue weighted by Gasteiger charge is 2.33. The Morgan fingerprint density at radius 2 is 1.00 bits per heavy atom. The Morgan fingerprint density at radius 1 is 0.574 bits per heavy atom. The van der Waals surface area contributed by atoms with Gasteiger partial charge in [-0.1, -0.05) is 48.5 Å². The third kappa shape index (κ3) is 7.36. The summed E-state index contributed by atoms with van der Waals surface area (Å²) < 4.78 is 0. The zero-order valence-electron chi connectivity index (χ0n) is 29.7. The molecule has 4 aromatic heterocycles. The zero-order chi connectivity index (χ0) is 35.0. The fraction of sp³-hybridized carbons (Fsp3) is 0.238. The average molecular weight is 755 g/mol. The van der Waals surface area contributed by atoms with Gasteiger partial charge in [-0.15, -0.1) is 0 Å². The maximum atomic E-state index is 13.2. The van der Waals surface area contributed by atoms with E-state index in [0.29, 0.717) is 12.8 Å². The van der Waals surface area contributed by atoms with Gasteiger partial charge in [0.1, 0.15) is 11.6 Å². The van der Waals surface area contributed by atoms with Gasteiger partial charge in [0.05, 0.1) is 47.0 Å². The van der Waals surface area contributed by atoms with E-state index in [2.05, 4.69) is 80.6 Å². The summed E-state index contributed by atoms with van der Waals surface area (Å²) in [6.45, 7) is 1.46. The molecule has 0 radical (unpaired) electrons. The van der Waals surface area contributed by atoms with Crippen molar-refractivity contribution >= 4 is 60.9 Å². The molecule has 0 bridgehead atoms. The van der Waals surface area contributed by atoms with Crippen LogP contribution in [0.25, 0.3) is 44.3 Å². The van der Waals surface area contributed by atoms with Crippen LogP contribution in [0.3, 0.4) is 0 Å². The number of aromatic amines is 2. The summed E-state index contributed by atoms with van der Waals surface area (Å²) in [4.78, 5) is 55.9. The van der Waals surface area contributed by atoms with Gasteiger partial charge in [0, 0.05) is 36.9 Å². The van der Waals surface area contributed by atoms with Crippen molar-refractivity contribution < 1.29 is 9.59 Å². The number of carbonyl (C=O) groups is 2. The number of amides is 2. The molecule has 9 rings (SSSR count). The topological polar surface area (TPSA) is 124 Å². The Balaban J connectivity index is 0.00000225. The molecular formula is C42H42N8O2S2. The van der Waals surface area contributed by atoms with Crippen LogP contribution < -0.4 is 0 Å². The third-order valence-electron chi connectivity index (χ3n) is 10.4. The van der Waals surface area contributed by atoms with E-state index in [9.17, 15) is 9.59 Å². The fourth-order valence-electron chi connectivity index (χ4n) is 7.81. The molecule has 12 heteroatoms. The number of pyridine rings is 2. The molecule has 2 amide bonds. The average Bonchev–Trinajstić information content (AvgIpc) is 4.00. The van der Waals surface area contributed by atoms with Gasteiger partial charge in [-0.2, -0.15) is 27.0 Å². The minimum Gasteiger partial charge on any atom is -0.340 e. The number of carbonyl (C=O) groups excluding carboxylic acids is 2. The molecule has 10 nitrogen and oxygen atoms in total. The van der Waals surface area contributed by atoms with Crippen LogP contribution >= 0.6 is 27.0 Å². The van der Waals surface area contributed by atoms with Crippen molar-refractivity contribution in [3.63, 3.8) is 0 Å². The highest BCUT2D eigenvalue weighted by molar-refractivity contribution is 7.59. The molecule has 0 saturated carbocycles. The minimum atomic E-state index is -0.0635. The largest absolute Gasteiger partial charge is 0.340 e. The molecular weight excluding hydrogens is 713 g/mol. The van der Waals surface area contributed by atoms with Crippen LogP contribution in [0.15, 0.2) is 109 Å². The number of hydrogen-bond donors (Lipinski definition) is 2. The summed E-state index contributed by atoms with van der Waals surface area (Å²) in [7, 11) is 0. The summed E-state index contributed by atoms with van der Waals surface area (Å²) in [5, 5.41) is 0. The SMILES string of the molecule is O=C(Cc1ccccn1)N1CCC[C@H]1c1nc2ccc(-c3ccc(-c4ccc5nc([C@@H]6CCCN6C(=O)Cc6ccccn6)[nH]c5c4)cc3)cc2[nH]1.S.S. The lowest BCUT2D eigenvalue weighted by Crippen LogP contribution is -2.32. The van der Waals surface area contributed by atoms with Crippen LogP contribution in [-0.4, -0.2) is 64.6 Å². The minimum absolute atomic E-state index is 0. The van der Waals surface area contributed by atoms with E-state index in [1.807, 2.05) is 46.2 Å². The smallest absolute Gasteiger partial charge is 0.229 e. The van der Waals surface area contributed by atoms with Crippen molar-refractivity contribution in [2.24, 2.45) is 0 Å². The van der Waals surface area contributed by atoms with Crippen LogP contribution in [0.4, 0.5) is 0 Å². The van der Waals surface area contributed by atoms with Gasteiger partial charge in [-0.3, -0.25) is 19.6 Å². The molecule has 0 aliphatic carbocycles. The van der Waals surface area contributed by atoms with Gasteiger partial charge in [-0.05, 0) is 96.5 Å². The normalized spacial score (nSPS) is 16.7. The van der Waals surface area contributed by atoms with E-state index in [1.165, 1.54) is 0 Å². The number of nitrogens with zero attached hydrogens (tertiary/aromatic N) is 6. The van der Waals surface area contributed by atoms with Crippen molar-refractivity contribution in [3.05, 3.63) is 132 Å². The van der Waals surface area contributed by atoms with Crippen LogP contribution in [0, 0.1) is 0 Å². The lowest BCUT2D eigenvalue weighted by Gasteiger charge is -2.23. The molecule has 274 valence electrons. The molecule has 2 N–H and O–H groups in total. The second-order valence-electron chi connectivity index (χ2n) is 13.8. The van der Waals surface area contributed by atoms with Crippen molar-refractivity contribution in [2.45, 2.75) is 50.6 Å². The second-order valence-corrected chi connectivity index (χ2v) is 13.8. The van der Waals surface area contributed by atoms with E-state index in [-0.39, 0.29) is 50.9 Å². The Labute approximate surface area is 327 Å². The van der Waals surface area contributed by atoms with E-state index < -0.39 is 0 Å². The number of hydrogen-bond acceptors (Lipinski definition) is 6. The predicted molar refractivity (Wildman–Crippen MR) is 221 cm³/mol. The fourth-order valence-corrected chi connectivity index (χ4v) is 7.81. The third-order valence-corrected chi connectivity index (χ3v) is 10.4. The summed E-state index contributed by atoms with van der Waals surface area (Å²) in [5.74, 6) is 1.84. The summed E-state index contributed by atoms with van der Waals surface area (Å²) in [6.07, 6.45) is 7.73. The number of nitrogens with one attached hydrogen (secondary N) is 2. The van der Waals surface area contributed by atoms with Crippen LogP contribution in [0.1, 0.15) is 60.8 Å². The number of fused-ring (bicyclic) bond motifs is 2. The van der Waals surface area contributed by atoms with Crippen LogP contribution in [0.5, 0.6) is 0 Å². The Bertz CT molecular complexity index is 2230. The number of aromatic nitrogens is 6. The molecule has 6 heterocycles. The van der Waals surface area contributed by atoms with E-state index >= 15 is 0 Å². The Morgan fingerprint density at radius 3 is 1.41 bits per heavy atom. The molecule has 0 spiro atoms. The van der Waals surface area contributed by atoms with Crippen LogP contribution in [0.2, 0.25) is 0 Å². The summed E-state index contributed by atoms with van der Waals surface area (Å²) in [5.41, 5.74) is 9.68. The van der Waals surface area contributed by atoms with Crippen molar-refractivity contribution in [2.75, 3.05) is 13.1 Å². The van der Waals surface area contributed by atoms with E-state index in [1.54, 1.807) is 12.4 Å². The van der Waals surface area contributed by atoms with Gasteiger partial charge in [0.15, 0.2) is 0 Å². The molecule has 2 aliphatic heterocycles. The molecule has 54 heavy (non-hydrogen) atoms. The molecule has 7 aromatic rings. The monoisotopic (exact) mass is 754 g/mol. The highest BCUT2D eigenvalue weighted by Crippen LogP contribution is 2.35. The second kappa shape index (κ2) is 15.9. The molecule has 2 saturated heterocycles. The van der Waals surface area contributed by atoms with Crippen LogP contribution in [-0.2, 0) is 22.4 Å². The maximum Gasteiger partial charge on any atom is 0.229 e. The first-order valence-corrected chi connectivity index (χ1v) is 18.0. The Kier molecular flexibility index (Phi) is 10.8. The first kappa shape index (κ1) is 36.9. The van der Waals surface area contributed by atoms with Gasteiger partial charge < -0.3 is 19.8 Å². The van der Waals surface area contributed by atoms with E-state index in [4.69, 9.17) is 9.97 Å². The molecule has 3 aromatic carbocycles. The lowest BCUT2D eigenvalue weighted by atomic mass is 10.00. The van der Waals surface area contributed by atoms with Gasteiger partial charge >= 0.3 is 0 Å². The molecule has 2 atom stereocenters. The zero-order valence-corrected chi connectivity index (χ0v) is 31.7. The lowest BCUT2D eigenvalue weighted by molar-refractivity contribution is -0.132. The number of benzene rings is 3. The van der Waals surface area contributed by atoms with Crippen molar-refractivity contribution in [1.29, 1.82) is 0 Å². The van der Waals surface area contributed by atoms with Gasteiger partial charge in [0.25, 0.3) is 0 Å². The number of H-pyrrole nitrogens is 2. The van der Waals surface area contributed by atoms with Gasteiger partial charge in [0.2, 0.25) is 11.8 Å². The first-order valence-electron chi connectivity index (χ1n) is 18.0. The maximum absolute atomic E-state index is 13.2. The highest BCUT2D eigenvalue weighted by atomic mass is 32.1. The first-order chi connectivity index (χ1) is 25.6. The van der Waals surface area contributed by atoms with E-state index in [0.717, 1.165) is 106 Å². The molecule has 0 unspecified atom stereocenters. The molecule has 2 fully saturated rings. The number of imidazole rings is 2. The number of rotatable bonds is 8. The Hall–Kier alpha value is -5.46. The standard InChI is InChI=1S/C42H38N8O2.2H2S/c51-39(25-31-7-1-3-19-43-31)49-21-5-9-37(49)41-45-33-17-15-29(23-35(33)47-41)27-11-13-28(14-12-27)30-16-18-34-36(24-30)48-42(46-34)38-10-6-22-50(38)40(52)26-32-8-2-4-20-44-32;;/h1-4,7-8,11-20,23-24,37-38H,5-6,9-10,21-22,25-26H2,(H,45,47)(H,46,48);2*1H2/t37-,38-;;/m0../s1. The summed E-state index contributed by atoms with van der Waals surface area (Å²) in [6, 6.07) is 32.4. The quantitative estimate of drug-likeness (QED) is 0.165. The summed E-state index contributed by atoms with van der Waals surface area (Å²) >= 11 is 0. The number of likely N-dealkylation sites (tertiary alicyclic amines) is 2. The predicted octanol–water partition coefficient (Wildman–Crippen LogP) is 7.60. The van der Waals surface area contributed by atoms with Gasteiger partial charge in [-0.25, -0.2) is 9.97 Å². The van der Waals surface area contributed by atoms with Crippen molar-refractivity contribution in [1.82, 2.24) is 39.7 Å². The van der Waals surface area contributed by atoms with Crippen molar-refractivity contribution in [3.8, 4) is 22.3 Å². The molecule has 2 aliphatic rings.